The highest BCUT2D eigenvalue weighted by molar-refractivity contribution is 9.10. The van der Waals surface area contributed by atoms with E-state index in [0.29, 0.717) is 5.69 Å². The van der Waals surface area contributed by atoms with Crippen LogP contribution in [0.1, 0.15) is 10.4 Å². The van der Waals surface area contributed by atoms with Gasteiger partial charge >= 0.3 is 0 Å². The van der Waals surface area contributed by atoms with E-state index >= 15 is 0 Å². The number of rotatable bonds is 4. The standard InChI is InChI=1S/C13H12BrFN4O2/c1-16-12(20)7-19-6-9(5-17-19)18-13(21)8-2-3-10(14)11(15)4-8/h2-6H,7H2,1H3,(H,16,20)(H,18,21). The molecule has 6 nitrogen and oxygen atoms in total. The average molecular weight is 355 g/mol. The maximum Gasteiger partial charge on any atom is 0.255 e. The summed E-state index contributed by atoms with van der Waals surface area (Å²) in [5.74, 6) is -1.18. The summed E-state index contributed by atoms with van der Waals surface area (Å²) in [5, 5.41) is 8.99. The molecule has 0 aliphatic rings. The number of aromatic nitrogens is 2. The number of hydrogen-bond acceptors (Lipinski definition) is 3. The lowest BCUT2D eigenvalue weighted by molar-refractivity contribution is -0.121. The van der Waals surface area contributed by atoms with Gasteiger partial charge in [0.1, 0.15) is 12.4 Å². The number of carbonyl (C=O) groups excluding carboxylic acids is 2. The summed E-state index contributed by atoms with van der Waals surface area (Å²) in [6, 6.07) is 4.09. The number of amides is 2. The van der Waals surface area contributed by atoms with Gasteiger partial charge in [-0.3, -0.25) is 14.3 Å². The van der Waals surface area contributed by atoms with Gasteiger partial charge in [-0.05, 0) is 34.1 Å². The molecule has 2 rings (SSSR count). The lowest BCUT2D eigenvalue weighted by Crippen LogP contribution is -2.23. The van der Waals surface area contributed by atoms with Crippen LogP contribution in [0.15, 0.2) is 35.1 Å². The highest BCUT2D eigenvalue weighted by Crippen LogP contribution is 2.17. The smallest absolute Gasteiger partial charge is 0.255 e. The lowest BCUT2D eigenvalue weighted by Gasteiger charge is -2.03. The van der Waals surface area contributed by atoms with Gasteiger partial charge < -0.3 is 10.6 Å². The molecule has 21 heavy (non-hydrogen) atoms. The Morgan fingerprint density at radius 3 is 2.86 bits per heavy atom. The van der Waals surface area contributed by atoms with E-state index in [4.69, 9.17) is 0 Å². The summed E-state index contributed by atoms with van der Waals surface area (Å²) in [6.45, 7) is 0.0548. The normalized spacial score (nSPS) is 10.2. The van der Waals surface area contributed by atoms with Gasteiger partial charge in [0.2, 0.25) is 5.91 Å². The Balaban J connectivity index is 2.05. The van der Waals surface area contributed by atoms with Crippen molar-refractivity contribution in [2.24, 2.45) is 0 Å². The molecule has 1 heterocycles. The molecule has 0 unspecified atom stereocenters. The van der Waals surface area contributed by atoms with Crippen LogP contribution in [0.5, 0.6) is 0 Å². The molecule has 0 spiro atoms. The van der Waals surface area contributed by atoms with Crippen molar-refractivity contribution in [1.82, 2.24) is 15.1 Å². The summed E-state index contributed by atoms with van der Waals surface area (Å²) < 4.78 is 15.1. The SMILES string of the molecule is CNC(=O)Cn1cc(NC(=O)c2ccc(Br)c(F)c2)cn1. The molecule has 0 fully saturated rings. The van der Waals surface area contributed by atoms with E-state index in [1.54, 1.807) is 0 Å². The van der Waals surface area contributed by atoms with Crippen molar-refractivity contribution < 1.29 is 14.0 Å². The van der Waals surface area contributed by atoms with Crippen LogP contribution < -0.4 is 10.6 Å². The molecule has 1 aromatic carbocycles. The van der Waals surface area contributed by atoms with Crippen molar-refractivity contribution in [2.75, 3.05) is 12.4 Å². The van der Waals surface area contributed by atoms with E-state index in [1.165, 1.54) is 36.3 Å². The Labute approximate surface area is 128 Å². The predicted octanol–water partition coefficient (Wildman–Crippen LogP) is 1.78. The third-order valence-corrected chi connectivity index (χ3v) is 3.30. The van der Waals surface area contributed by atoms with Crippen LogP contribution in [-0.4, -0.2) is 28.6 Å². The van der Waals surface area contributed by atoms with Crippen LogP contribution in [0.3, 0.4) is 0 Å². The average Bonchev–Trinajstić information content (AvgIpc) is 2.88. The Kier molecular flexibility index (Phi) is 4.69. The highest BCUT2D eigenvalue weighted by atomic mass is 79.9. The minimum Gasteiger partial charge on any atom is -0.358 e. The summed E-state index contributed by atoms with van der Waals surface area (Å²) >= 11 is 3.02. The van der Waals surface area contributed by atoms with Crippen molar-refractivity contribution in [2.45, 2.75) is 6.54 Å². The molecule has 0 radical (unpaired) electrons. The van der Waals surface area contributed by atoms with Gasteiger partial charge in [0.05, 0.1) is 16.4 Å². The number of nitrogens with zero attached hydrogens (tertiary/aromatic N) is 2. The summed E-state index contributed by atoms with van der Waals surface area (Å²) in [7, 11) is 1.52. The maximum atomic E-state index is 13.4. The minimum absolute atomic E-state index is 0.0548. The monoisotopic (exact) mass is 354 g/mol. The fraction of sp³-hybridized carbons (Fsp3) is 0.154. The summed E-state index contributed by atoms with van der Waals surface area (Å²) in [5.41, 5.74) is 0.613. The molecule has 110 valence electrons. The fourth-order valence-corrected chi connectivity index (χ4v) is 1.83. The molecule has 8 heteroatoms. The van der Waals surface area contributed by atoms with Crippen molar-refractivity contribution in [3.8, 4) is 0 Å². The summed E-state index contributed by atoms with van der Waals surface area (Å²) in [6.07, 6.45) is 2.93. The zero-order valence-electron chi connectivity index (χ0n) is 11.1. The van der Waals surface area contributed by atoms with E-state index in [2.05, 4.69) is 31.7 Å². The van der Waals surface area contributed by atoms with Crippen molar-refractivity contribution in [1.29, 1.82) is 0 Å². The van der Waals surface area contributed by atoms with Crippen LogP contribution in [0.2, 0.25) is 0 Å². The van der Waals surface area contributed by atoms with E-state index in [1.807, 2.05) is 0 Å². The Morgan fingerprint density at radius 1 is 1.43 bits per heavy atom. The van der Waals surface area contributed by atoms with Crippen molar-refractivity contribution in [3.63, 3.8) is 0 Å². The first kappa shape index (κ1) is 15.2. The number of benzene rings is 1. The second kappa shape index (κ2) is 6.49. The fourth-order valence-electron chi connectivity index (χ4n) is 1.58. The van der Waals surface area contributed by atoms with Gasteiger partial charge in [-0.25, -0.2) is 4.39 Å². The number of likely N-dealkylation sites (N-methyl/N-ethyl adjacent to an activating group) is 1. The number of halogens is 2. The number of carbonyl (C=O) groups is 2. The molecule has 2 aromatic rings. The van der Waals surface area contributed by atoms with Crippen LogP contribution in [0.4, 0.5) is 10.1 Å². The molecule has 0 aliphatic carbocycles. The Morgan fingerprint density at radius 2 is 2.19 bits per heavy atom. The van der Waals surface area contributed by atoms with Crippen LogP contribution >= 0.6 is 15.9 Å². The van der Waals surface area contributed by atoms with Crippen molar-refractivity contribution in [3.05, 3.63) is 46.4 Å². The predicted molar refractivity (Wildman–Crippen MR) is 78.3 cm³/mol. The quantitative estimate of drug-likeness (QED) is 0.878. The molecule has 0 bridgehead atoms. The Hall–Kier alpha value is -2.22. The molecule has 2 N–H and O–H groups in total. The van der Waals surface area contributed by atoms with E-state index in [-0.39, 0.29) is 22.5 Å². The first-order valence-electron chi connectivity index (χ1n) is 5.99. The van der Waals surface area contributed by atoms with Gasteiger partial charge in [0, 0.05) is 18.8 Å². The van der Waals surface area contributed by atoms with Gasteiger partial charge in [-0.15, -0.1) is 0 Å². The number of hydrogen-bond donors (Lipinski definition) is 2. The van der Waals surface area contributed by atoms with Crippen molar-refractivity contribution >= 4 is 33.4 Å². The maximum absolute atomic E-state index is 13.4. The third-order valence-electron chi connectivity index (χ3n) is 2.66. The van der Waals surface area contributed by atoms with Crippen LogP contribution in [-0.2, 0) is 11.3 Å². The third kappa shape index (κ3) is 3.88. The van der Waals surface area contributed by atoms with Gasteiger partial charge in [0.25, 0.3) is 5.91 Å². The van der Waals surface area contributed by atoms with Gasteiger partial charge in [-0.1, -0.05) is 0 Å². The molecule has 1 aromatic heterocycles. The van der Waals surface area contributed by atoms with Crippen LogP contribution in [0.25, 0.3) is 0 Å². The second-order valence-electron chi connectivity index (χ2n) is 4.18. The Bertz CT molecular complexity index is 687. The van der Waals surface area contributed by atoms with E-state index < -0.39 is 11.7 Å². The molecule has 0 saturated carbocycles. The number of anilines is 1. The number of nitrogens with one attached hydrogen (secondary N) is 2. The van der Waals surface area contributed by atoms with Gasteiger partial charge in [0.15, 0.2) is 0 Å². The first-order valence-corrected chi connectivity index (χ1v) is 6.78. The molecule has 0 atom stereocenters. The lowest BCUT2D eigenvalue weighted by atomic mass is 10.2. The molecule has 0 saturated heterocycles. The minimum atomic E-state index is -0.516. The molecule has 0 aliphatic heterocycles. The van der Waals surface area contributed by atoms with Crippen LogP contribution in [0, 0.1) is 5.82 Å². The molecular formula is C13H12BrFN4O2. The van der Waals surface area contributed by atoms with E-state index in [9.17, 15) is 14.0 Å². The largest absolute Gasteiger partial charge is 0.358 e. The topological polar surface area (TPSA) is 76.0 Å². The molecule has 2 amide bonds. The highest BCUT2D eigenvalue weighted by Gasteiger charge is 2.10. The van der Waals surface area contributed by atoms with E-state index in [0.717, 1.165) is 6.07 Å². The molecular weight excluding hydrogens is 343 g/mol. The first-order chi connectivity index (χ1) is 9.99. The second-order valence-corrected chi connectivity index (χ2v) is 5.04. The zero-order chi connectivity index (χ0) is 15.4. The summed E-state index contributed by atoms with van der Waals surface area (Å²) in [4.78, 5) is 23.2. The zero-order valence-corrected chi connectivity index (χ0v) is 12.6. The van der Waals surface area contributed by atoms with Gasteiger partial charge in [-0.2, -0.15) is 5.10 Å².